The number of hydrogen-bond acceptors (Lipinski definition) is 3. The molecule has 90 valence electrons. The molecule has 0 saturated carbocycles. The van der Waals surface area contributed by atoms with Gasteiger partial charge in [0.05, 0.1) is 0 Å². The van der Waals surface area contributed by atoms with Gasteiger partial charge < -0.3 is 0 Å². The van der Waals surface area contributed by atoms with Crippen LogP contribution in [0.4, 0.5) is 0 Å². The van der Waals surface area contributed by atoms with Crippen molar-refractivity contribution in [3.05, 3.63) is 71.3 Å². The van der Waals surface area contributed by atoms with Gasteiger partial charge in [0.15, 0.2) is 0 Å². The monoisotopic (exact) mass is 254 g/mol. The van der Waals surface area contributed by atoms with Crippen LogP contribution >= 0.6 is 11.8 Å². The molecule has 0 bridgehead atoms. The highest BCUT2D eigenvalue weighted by atomic mass is 32.2. The standard InChI is InChI=1S/C15H14N2S/c1-11-7-9-13(10-8-11)15-17-16-14(18-15)12-5-3-2-4-6-12/h2-10,15,17H,1H3/t15-/m0/s1. The number of hydrogen-bond donors (Lipinski definition) is 1. The molecule has 2 aromatic carbocycles. The molecule has 0 aromatic heterocycles. The maximum atomic E-state index is 4.42. The summed E-state index contributed by atoms with van der Waals surface area (Å²) in [6, 6.07) is 18.9. The number of nitrogens with zero attached hydrogens (tertiary/aromatic N) is 1. The van der Waals surface area contributed by atoms with Gasteiger partial charge in [0.2, 0.25) is 0 Å². The highest BCUT2D eigenvalue weighted by Crippen LogP contribution is 2.33. The van der Waals surface area contributed by atoms with Gasteiger partial charge in [-0.05, 0) is 12.5 Å². The van der Waals surface area contributed by atoms with Crippen LogP contribution in [0.1, 0.15) is 22.1 Å². The van der Waals surface area contributed by atoms with Crippen molar-refractivity contribution in [2.45, 2.75) is 12.3 Å². The van der Waals surface area contributed by atoms with E-state index in [-0.39, 0.29) is 5.37 Å². The largest absolute Gasteiger partial charge is 0.291 e. The first kappa shape index (κ1) is 11.4. The van der Waals surface area contributed by atoms with Crippen molar-refractivity contribution in [3.63, 3.8) is 0 Å². The summed E-state index contributed by atoms with van der Waals surface area (Å²) in [5.74, 6) is 0. The smallest absolute Gasteiger partial charge is 0.126 e. The second-order valence-electron chi connectivity index (χ2n) is 4.32. The fourth-order valence-electron chi connectivity index (χ4n) is 1.88. The number of nitrogens with one attached hydrogen (secondary N) is 1. The van der Waals surface area contributed by atoms with Gasteiger partial charge in [0.1, 0.15) is 10.4 Å². The Labute approximate surface area is 111 Å². The van der Waals surface area contributed by atoms with E-state index in [9.17, 15) is 0 Å². The van der Waals surface area contributed by atoms with E-state index in [0.717, 1.165) is 5.04 Å². The highest BCUT2D eigenvalue weighted by molar-refractivity contribution is 8.14. The zero-order chi connectivity index (χ0) is 12.4. The van der Waals surface area contributed by atoms with Crippen LogP contribution < -0.4 is 5.43 Å². The molecule has 18 heavy (non-hydrogen) atoms. The number of aryl methyl sites for hydroxylation is 1. The van der Waals surface area contributed by atoms with Gasteiger partial charge in [-0.1, -0.05) is 71.9 Å². The quantitative estimate of drug-likeness (QED) is 0.884. The minimum absolute atomic E-state index is 0.223. The van der Waals surface area contributed by atoms with Crippen molar-refractivity contribution in [1.29, 1.82) is 0 Å². The highest BCUT2D eigenvalue weighted by Gasteiger charge is 2.21. The maximum Gasteiger partial charge on any atom is 0.126 e. The summed E-state index contributed by atoms with van der Waals surface area (Å²) in [6.45, 7) is 2.10. The van der Waals surface area contributed by atoms with E-state index in [1.54, 1.807) is 11.8 Å². The molecule has 2 aromatic rings. The van der Waals surface area contributed by atoms with Crippen molar-refractivity contribution in [2.24, 2.45) is 5.10 Å². The summed E-state index contributed by atoms with van der Waals surface area (Å²) in [5, 5.41) is 5.70. The predicted molar refractivity (Wildman–Crippen MR) is 77.6 cm³/mol. The molecular formula is C15H14N2S. The second-order valence-corrected chi connectivity index (χ2v) is 5.41. The van der Waals surface area contributed by atoms with Crippen LogP contribution in [0, 0.1) is 6.92 Å². The Morgan fingerprint density at radius 3 is 2.44 bits per heavy atom. The van der Waals surface area contributed by atoms with Crippen molar-refractivity contribution < 1.29 is 0 Å². The van der Waals surface area contributed by atoms with E-state index in [4.69, 9.17) is 0 Å². The van der Waals surface area contributed by atoms with Crippen molar-refractivity contribution in [2.75, 3.05) is 0 Å². The molecule has 1 heterocycles. The molecule has 1 atom stereocenters. The molecule has 0 aliphatic carbocycles. The third kappa shape index (κ3) is 2.27. The van der Waals surface area contributed by atoms with Gasteiger partial charge >= 0.3 is 0 Å². The zero-order valence-electron chi connectivity index (χ0n) is 10.1. The van der Waals surface area contributed by atoms with E-state index < -0.39 is 0 Å². The lowest BCUT2D eigenvalue weighted by Gasteiger charge is -2.09. The number of thioether (sulfide) groups is 1. The average molecular weight is 254 g/mol. The Kier molecular flexibility index (Phi) is 3.07. The lowest BCUT2D eigenvalue weighted by molar-refractivity contribution is 0.743. The fourth-order valence-corrected chi connectivity index (χ4v) is 2.88. The Balaban J connectivity index is 1.76. The Morgan fingerprint density at radius 2 is 1.72 bits per heavy atom. The molecule has 0 unspecified atom stereocenters. The van der Waals surface area contributed by atoms with E-state index in [1.165, 1.54) is 16.7 Å². The van der Waals surface area contributed by atoms with Crippen LogP contribution in [0.2, 0.25) is 0 Å². The van der Waals surface area contributed by atoms with E-state index in [1.807, 2.05) is 18.2 Å². The summed E-state index contributed by atoms with van der Waals surface area (Å²) >= 11 is 1.76. The molecule has 3 rings (SSSR count). The topological polar surface area (TPSA) is 24.4 Å². The molecule has 1 aliphatic rings. The summed E-state index contributed by atoms with van der Waals surface area (Å²) in [4.78, 5) is 0. The van der Waals surface area contributed by atoms with Crippen LogP contribution in [0.15, 0.2) is 59.7 Å². The summed E-state index contributed by atoms with van der Waals surface area (Å²) < 4.78 is 0. The van der Waals surface area contributed by atoms with Gasteiger partial charge in [-0.15, -0.1) is 0 Å². The first-order chi connectivity index (χ1) is 8.83. The average Bonchev–Trinajstić information content (AvgIpc) is 2.90. The van der Waals surface area contributed by atoms with E-state index in [2.05, 4.69) is 53.8 Å². The first-order valence-corrected chi connectivity index (χ1v) is 6.83. The fraction of sp³-hybridized carbons (Fsp3) is 0.133. The van der Waals surface area contributed by atoms with Crippen LogP contribution in [0.25, 0.3) is 0 Å². The zero-order valence-corrected chi connectivity index (χ0v) is 10.9. The lowest BCUT2D eigenvalue weighted by Crippen LogP contribution is -2.06. The molecule has 0 saturated heterocycles. The number of benzene rings is 2. The lowest BCUT2D eigenvalue weighted by atomic mass is 10.1. The van der Waals surface area contributed by atoms with Gasteiger partial charge in [0, 0.05) is 5.56 Å². The summed E-state index contributed by atoms with van der Waals surface area (Å²) in [6.07, 6.45) is 0. The van der Waals surface area contributed by atoms with Gasteiger partial charge in [-0.3, -0.25) is 5.43 Å². The normalized spacial score (nSPS) is 18.3. The SMILES string of the molecule is Cc1ccc([C@H]2NN=C(c3ccccc3)S2)cc1. The van der Waals surface area contributed by atoms with E-state index in [0.29, 0.717) is 0 Å². The molecule has 1 aliphatic heterocycles. The Bertz CT molecular complexity index is 561. The minimum atomic E-state index is 0.223. The van der Waals surface area contributed by atoms with Crippen molar-refractivity contribution in [3.8, 4) is 0 Å². The minimum Gasteiger partial charge on any atom is -0.291 e. The van der Waals surface area contributed by atoms with Crippen LogP contribution in [0.3, 0.4) is 0 Å². The first-order valence-electron chi connectivity index (χ1n) is 5.95. The molecule has 0 radical (unpaired) electrons. The third-order valence-corrected chi connectivity index (χ3v) is 4.08. The van der Waals surface area contributed by atoms with Gasteiger partial charge in [0.25, 0.3) is 0 Å². The predicted octanol–water partition coefficient (Wildman–Crippen LogP) is 3.69. The molecule has 1 N–H and O–H groups in total. The van der Waals surface area contributed by atoms with Crippen molar-refractivity contribution in [1.82, 2.24) is 5.43 Å². The Morgan fingerprint density at radius 1 is 1.00 bits per heavy atom. The van der Waals surface area contributed by atoms with Crippen LogP contribution in [-0.4, -0.2) is 5.04 Å². The van der Waals surface area contributed by atoms with Crippen LogP contribution in [-0.2, 0) is 0 Å². The Hall–Kier alpha value is -1.74. The van der Waals surface area contributed by atoms with Crippen LogP contribution in [0.5, 0.6) is 0 Å². The number of hydrazone groups is 1. The van der Waals surface area contributed by atoms with E-state index >= 15 is 0 Å². The third-order valence-electron chi connectivity index (χ3n) is 2.91. The molecule has 2 nitrogen and oxygen atoms in total. The van der Waals surface area contributed by atoms with Gasteiger partial charge in [-0.25, -0.2) is 0 Å². The molecule has 0 spiro atoms. The maximum absolute atomic E-state index is 4.42. The van der Waals surface area contributed by atoms with Crippen molar-refractivity contribution >= 4 is 16.8 Å². The molecule has 0 fully saturated rings. The number of rotatable bonds is 2. The van der Waals surface area contributed by atoms with Gasteiger partial charge in [-0.2, -0.15) is 5.10 Å². The summed E-state index contributed by atoms with van der Waals surface area (Å²) in [7, 11) is 0. The molecule has 0 amide bonds. The second kappa shape index (κ2) is 4.86. The molecule has 3 heteroatoms. The summed E-state index contributed by atoms with van der Waals surface area (Å²) in [5.41, 5.74) is 6.91. The molecular weight excluding hydrogens is 240 g/mol.